The van der Waals surface area contributed by atoms with Crippen LogP contribution in [0.1, 0.15) is 0 Å². The van der Waals surface area contributed by atoms with E-state index in [1.807, 2.05) is 0 Å². The molecule has 21 heavy (non-hydrogen) atoms. The van der Waals surface area contributed by atoms with Crippen molar-refractivity contribution in [1.29, 1.82) is 0 Å². The van der Waals surface area contributed by atoms with Crippen LogP contribution in [-0.2, 0) is 11.3 Å². The van der Waals surface area contributed by atoms with Gasteiger partial charge < -0.3 is 10.1 Å². The highest BCUT2D eigenvalue weighted by atomic mass is 19.1. The van der Waals surface area contributed by atoms with E-state index in [2.05, 4.69) is 10.4 Å². The molecule has 0 bridgehead atoms. The van der Waals surface area contributed by atoms with Gasteiger partial charge in [0, 0.05) is 25.4 Å². The third-order valence-corrected chi connectivity index (χ3v) is 2.65. The number of nitro benzene ring substituents is 1. The summed E-state index contributed by atoms with van der Waals surface area (Å²) < 4.78 is 33.1. The summed E-state index contributed by atoms with van der Waals surface area (Å²) in [5, 5.41) is 17.4. The molecule has 2 rings (SSSR count). The number of rotatable bonds is 6. The van der Waals surface area contributed by atoms with Gasteiger partial charge in [-0.25, -0.2) is 4.39 Å². The van der Waals surface area contributed by atoms with Crippen molar-refractivity contribution in [2.24, 2.45) is 0 Å². The molecule has 2 aromatic rings. The number of nitro groups is 1. The van der Waals surface area contributed by atoms with Gasteiger partial charge in [0.25, 0.3) is 0 Å². The van der Waals surface area contributed by atoms with Crippen LogP contribution in [-0.4, -0.2) is 28.4 Å². The molecular weight excluding hydrogens is 286 g/mol. The van der Waals surface area contributed by atoms with Crippen molar-refractivity contribution in [2.75, 3.05) is 19.0 Å². The first-order valence-electron chi connectivity index (χ1n) is 5.93. The number of aromatic nitrogens is 2. The summed E-state index contributed by atoms with van der Waals surface area (Å²) in [6, 6.07) is 1.32. The van der Waals surface area contributed by atoms with Crippen molar-refractivity contribution < 1.29 is 18.4 Å². The first-order chi connectivity index (χ1) is 10.0. The van der Waals surface area contributed by atoms with E-state index in [0.717, 1.165) is 6.07 Å². The standard InChI is InChI=1S/C12H12F2N4O3/c1-21-3-2-17-7-9(6-15-17)16-11-5-8(13)4-10(14)12(11)18(19)20/h4-7,16H,2-3H2,1H3. The normalized spacial score (nSPS) is 10.6. The van der Waals surface area contributed by atoms with Crippen LogP contribution in [0, 0.1) is 21.7 Å². The zero-order valence-electron chi connectivity index (χ0n) is 11.0. The van der Waals surface area contributed by atoms with E-state index in [1.54, 1.807) is 13.3 Å². The molecule has 0 aliphatic rings. The molecule has 0 aliphatic carbocycles. The molecule has 0 atom stereocenters. The van der Waals surface area contributed by atoms with E-state index in [0.29, 0.717) is 24.9 Å². The van der Waals surface area contributed by atoms with E-state index in [-0.39, 0.29) is 5.69 Å². The van der Waals surface area contributed by atoms with Crippen LogP contribution in [0.2, 0.25) is 0 Å². The summed E-state index contributed by atoms with van der Waals surface area (Å²) in [5.74, 6) is -2.15. The van der Waals surface area contributed by atoms with Crippen molar-refractivity contribution in [3.8, 4) is 0 Å². The molecule has 7 nitrogen and oxygen atoms in total. The highest BCUT2D eigenvalue weighted by Crippen LogP contribution is 2.31. The van der Waals surface area contributed by atoms with Crippen LogP contribution in [0.5, 0.6) is 0 Å². The topological polar surface area (TPSA) is 82.2 Å². The van der Waals surface area contributed by atoms with E-state index in [4.69, 9.17) is 4.74 Å². The van der Waals surface area contributed by atoms with E-state index < -0.39 is 22.2 Å². The Morgan fingerprint density at radius 1 is 1.48 bits per heavy atom. The summed E-state index contributed by atoms with van der Waals surface area (Å²) in [4.78, 5) is 9.95. The molecule has 0 saturated heterocycles. The fraction of sp³-hybridized carbons (Fsp3) is 0.250. The lowest BCUT2D eigenvalue weighted by Gasteiger charge is -2.05. The van der Waals surface area contributed by atoms with E-state index in [1.165, 1.54) is 10.9 Å². The van der Waals surface area contributed by atoms with Gasteiger partial charge in [-0.1, -0.05) is 0 Å². The summed E-state index contributed by atoms with van der Waals surface area (Å²) in [6.45, 7) is 0.924. The van der Waals surface area contributed by atoms with Crippen molar-refractivity contribution in [3.63, 3.8) is 0 Å². The number of nitrogens with zero attached hydrogens (tertiary/aromatic N) is 3. The second-order valence-corrected chi connectivity index (χ2v) is 4.15. The van der Waals surface area contributed by atoms with Crippen molar-refractivity contribution in [3.05, 3.63) is 46.3 Å². The van der Waals surface area contributed by atoms with Gasteiger partial charge in [-0.3, -0.25) is 14.8 Å². The van der Waals surface area contributed by atoms with Crippen LogP contribution in [0.4, 0.5) is 25.8 Å². The number of halogens is 2. The van der Waals surface area contributed by atoms with Gasteiger partial charge in [0.1, 0.15) is 11.5 Å². The molecule has 1 aromatic carbocycles. The van der Waals surface area contributed by atoms with E-state index in [9.17, 15) is 18.9 Å². The van der Waals surface area contributed by atoms with Gasteiger partial charge in [-0.05, 0) is 0 Å². The van der Waals surface area contributed by atoms with Crippen molar-refractivity contribution in [2.45, 2.75) is 6.54 Å². The summed E-state index contributed by atoms with van der Waals surface area (Å²) >= 11 is 0. The maximum Gasteiger partial charge on any atom is 0.328 e. The number of nitrogens with one attached hydrogen (secondary N) is 1. The minimum Gasteiger partial charge on any atom is -0.383 e. The monoisotopic (exact) mass is 298 g/mol. The molecule has 1 aromatic heterocycles. The largest absolute Gasteiger partial charge is 0.383 e. The van der Waals surface area contributed by atoms with Crippen LogP contribution >= 0.6 is 0 Å². The first-order valence-corrected chi connectivity index (χ1v) is 5.93. The number of hydrogen-bond acceptors (Lipinski definition) is 5. The Hall–Kier alpha value is -2.55. The Morgan fingerprint density at radius 3 is 2.90 bits per heavy atom. The van der Waals surface area contributed by atoms with Gasteiger partial charge in [0.2, 0.25) is 5.82 Å². The smallest absolute Gasteiger partial charge is 0.328 e. The minimum absolute atomic E-state index is 0.274. The van der Waals surface area contributed by atoms with Crippen molar-refractivity contribution in [1.82, 2.24) is 9.78 Å². The fourth-order valence-electron chi connectivity index (χ4n) is 1.74. The molecular formula is C12H12F2N4O3. The van der Waals surface area contributed by atoms with Gasteiger partial charge in [0.15, 0.2) is 0 Å². The Balaban J connectivity index is 2.26. The average Bonchev–Trinajstić information content (AvgIpc) is 2.82. The molecule has 112 valence electrons. The van der Waals surface area contributed by atoms with Gasteiger partial charge >= 0.3 is 5.69 Å². The maximum atomic E-state index is 13.5. The lowest BCUT2D eigenvalue weighted by Crippen LogP contribution is -2.04. The Labute approximate surface area is 118 Å². The summed E-state index contributed by atoms with van der Waals surface area (Å²) in [5.41, 5.74) is -0.718. The number of benzene rings is 1. The van der Waals surface area contributed by atoms with Gasteiger partial charge in [0.05, 0.1) is 30.0 Å². The van der Waals surface area contributed by atoms with Gasteiger partial charge in [-0.2, -0.15) is 9.49 Å². The Bertz CT molecular complexity index is 660. The summed E-state index contributed by atoms with van der Waals surface area (Å²) in [6.07, 6.45) is 2.94. The zero-order valence-corrected chi connectivity index (χ0v) is 11.0. The molecule has 0 saturated carbocycles. The molecule has 0 fully saturated rings. The lowest BCUT2D eigenvalue weighted by atomic mass is 10.2. The molecule has 1 heterocycles. The molecule has 0 amide bonds. The predicted octanol–water partition coefficient (Wildman–Crippen LogP) is 2.46. The predicted molar refractivity (Wildman–Crippen MR) is 70.4 cm³/mol. The molecule has 9 heteroatoms. The Morgan fingerprint density at radius 2 is 2.24 bits per heavy atom. The Kier molecular flexibility index (Phi) is 4.43. The van der Waals surface area contributed by atoms with Crippen molar-refractivity contribution >= 4 is 17.1 Å². The number of methoxy groups -OCH3 is 1. The third-order valence-electron chi connectivity index (χ3n) is 2.65. The fourth-order valence-corrected chi connectivity index (χ4v) is 1.74. The van der Waals surface area contributed by atoms with Crippen LogP contribution in [0.3, 0.4) is 0 Å². The zero-order chi connectivity index (χ0) is 15.4. The number of anilines is 2. The van der Waals surface area contributed by atoms with Crippen LogP contribution < -0.4 is 5.32 Å². The van der Waals surface area contributed by atoms with Crippen LogP contribution in [0.15, 0.2) is 24.5 Å². The second-order valence-electron chi connectivity index (χ2n) is 4.15. The van der Waals surface area contributed by atoms with Gasteiger partial charge in [-0.15, -0.1) is 0 Å². The van der Waals surface area contributed by atoms with E-state index >= 15 is 0 Å². The third kappa shape index (κ3) is 3.51. The summed E-state index contributed by atoms with van der Waals surface area (Å²) in [7, 11) is 1.54. The molecule has 1 N–H and O–H groups in total. The minimum atomic E-state index is -1.24. The highest BCUT2D eigenvalue weighted by molar-refractivity contribution is 5.69. The SMILES string of the molecule is COCCn1cc(Nc2cc(F)cc(F)c2[N+](=O)[O-])cn1. The average molecular weight is 298 g/mol. The second kappa shape index (κ2) is 6.27. The van der Waals surface area contributed by atoms with Crippen LogP contribution in [0.25, 0.3) is 0 Å². The molecule has 0 spiro atoms. The first kappa shape index (κ1) is 14.9. The number of ether oxygens (including phenoxy) is 1. The highest BCUT2D eigenvalue weighted by Gasteiger charge is 2.22. The maximum absolute atomic E-state index is 13.5. The quantitative estimate of drug-likeness (QED) is 0.654. The molecule has 0 aliphatic heterocycles. The lowest BCUT2D eigenvalue weighted by molar-refractivity contribution is -0.386. The number of hydrogen-bond donors (Lipinski definition) is 1. The molecule has 0 radical (unpaired) electrons. The molecule has 0 unspecified atom stereocenters.